The van der Waals surface area contributed by atoms with E-state index in [2.05, 4.69) is 5.32 Å². The van der Waals surface area contributed by atoms with Gasteiger partial charge in [-0.15, -0.1) is 0 Å². The molecule has 18 heavy (non-hydrogen) atoms. The van der Waals surface area contributed by atoms with Crippen molar-refractivity contribution in [1.82, 2.24) is 5.32 Å². The molecule has 5 heteroatoms. The Hall–Kier alpha value is -1.81. The third-order valence-electron chi connectivity index (χ3n) is 2.22. The van der Waals surface area contributed by atoms with Crippen LogP contribution in [-0.2, 0) is 4.79 Å². The molecule has 1 aromatic rings. The van der Waals surface area contributed by atoms with Gasteiger partial charge in [0.25, 0.3) is 0 Å². The van der Waals surface area contributed by atoms with Gasteiger partial charge in [-0.05, 0) is 24.1 Å². The van der Waals surface area contributed by atoms with Crippen molar-refractivity contribution in [2.75, 3.05) is 6.54 Å². The lowest BCUT2D eigenvalue weighted by molar-refractivity contribution is -0.118. The first-order chi connectivity index (χ1) is 8.50. The van der Waals surface area contributed by atoms with Crippen LogP contribution in [0.15, 0.2) is 24.3 Å². The molecule has 4 nitrogen and oxygen atoms in total. The molecule has 0 atom stereocenters. The molecule has 1 aromatic carbocycles. The van der Waals surface area contributed by atoms with Crippen LogP contribution in [0.1, 0.15) is 29.3 Å². The molecule has 0 spiro atoms. The normalized spacial score (nSPS) is 10.6. The third kappa shape index (κ3) is 4.59. The highest BCUT2D eigenvalue weighted by Crippen LogP contribution is 2.18. The lowest BCUT2D eigenvalue weighted by Crippen LogP contribution is -2.20. The quantitative estimate of drug-likeness (QED) is 0.806. The first kappa shape index (κ1) is 14.3. The molecule has 0 unspecified atom stereocenters. The zero-order valence-corrected chi connectivity index (χ0v) is 10.7. The van der Waals surface area contributed by atoms with Crippen LogP contribution in [0.2, 0.25) is 5.02 Å². The predicted octanol–water partition coefficient (Wildman–Crippen LogP) is 2.58. The first-order valence-corrected chi connectivity index (χ1v) is 5.82. The third-order valence-corrected chi connectivity index (χ3v) is 2.53. The minimum atomic E-state index is -1.04. The average molecular weight is 268 g/mol. The van der Waals surface area contributed by atoms with E-state index in [-0.39, 0.29) is 16.5 Å². The Balaban J connectivity index is 2.58. The Labute approximate surface area is 110 Å². The summed E-state index contributed by atoms with van der Waals surface area (Å²) in [6.07, 6.45) is 4.43. The largest absolute Gasteiger partial charge is 0.478 e. The zero-order valence-electron chi connectivity index (χ0n) is 9.94. The summed E-state index contributed by atoms with van der Waals surface area (Å²) in [6.45, 7) is 2.04. The van der Waals surface area contributed by atoms with Gasteiger partial charge in [-0.1, -0.05) is 29.8 Å². The molecule has 2 N–H and O–H groups in total. The molecule has 0 bridgehead atoms. The highest BCUT2D eigenvalue weighted by molar-refractivity contribution is 6.33. The molecular weight excluding hydrogens is 254 g/mol. The highest BCUT2D eigenvalue weighted by Gasteiger charge is 2.07. The number of hydrogen-bond acceptors (Lipinski definition) is 2. The number of benzene rings is 1. The lowest BCUT2D eigenvalue weighted by atomic mass is 10.1. The Kier molecular flexibility index (Phi) is 5.39. The van der Waals surface area contributed by atoms with Gasteiger partial charge in [0.2, 0.25) is 5.91 Å². The monoisotopic (exact) mass is 267 g/mol. The number of nitrogens with one attached hydrogen (secondary N) is 1. The number of carbonyl (C=O) groups excluding carboxylic acids is 1. The van der Waals surface area contributed by atoms with Gasteiger partial charge in [-0.25, -0.2) is 4.79 Å². The number of carboxylic acids is 1. The number of rotatable bonds is 5. The van der Waals surface area contributed by atoms with Crippen LogP contribution < -0.4 is 5.32 Å². The van der Waals surface area contributed by atoms with Gasteiger partial charge >= 0.3 is 5.97 Å². The van der Waals surface area contributed by atoms with Gasteiger partial charge in [-0.3, -0.25) is 4.79 Å². The van der Waals surface area contributed by atoms with Crippen molar-refractivity contribution in [2.24, 2.45) is 0 Å². The van der Waals surface area contributed by atoms with E-state index in [0.717, 1.165) is 5.56 Å². The summed E-state index contributed by atoms with van der Waals surface area (Å²) in [4.78, 5) is 21.4. The van der Waals surface area contributed by atoms with Crippen LogP contribution in [0.3, 0.4) is 0 Å². The maximum Gasteiger partial charge on any atom is 0.337 e. The van der Waals surface area contributed by atoms with Crippen molar-refractivity contribution in [3.8, 4) is 0 Å². The highest BCUT2D eigenvalue weighted by atomic mass is 35.5. The molecule has 0 aliphatic heterocycles. The van der Waals surface area contributed by atoms with E-state index in [1.54, 1.807) is 12.1 Å². The number of aromatic carboxylic acids is 1. The molecular formula is C13H14ClNO3. The predicted molar refractivity (Wildman–Crippen MR) is 70.7 cm³/mol. The minimum Gasteiger partial charge on any atom is -0.478 e. The summed E-state index contributed by atoms with van der Waals surface area (Å²) in [6, 6.07) is 4.75. The van der Waals surface area contributed by atoms with Crippen LogP contribution in [0.4, 0.5) is 0 Å². The summed E-state index contributed by atoms with van der Waals surface area (Å²) in [7, 11) is 0. The van der Waals surface area contributed by atoms with Crippen molar-refractivity contribution < 1.29 is 14.7 Å². The van der Waals surface area contributed by atoms with Crippen LogP contribution in [-0.4, -0.2) is 23.5 Å². The number of carbonyl (C=O) groups is 2. The number of carboxylic acid groups (broad SMARTS) is 1. The lowest BCUT2D eigenvalue weighted by Gasteiger charge is -2.00. The standard InChI is InChI=1S/C13H14ClNO3/c1-9(16)15-7-3-2-4-10-5-6-11(13(17)18)12(14)8-10/h2,4-6,8H,3,7H2,1H3,(H,15,16)(H,17,18). The van der Waals surface area contributed by atoms with Crippen molar-refractivity contribution >= 4 is 29.6 Å². The average Bonchev–Trinajstić information content (AvgIpc) is 2.27. The van der Waals surface area contributed by atoms with Crippen LogP contribution in [0.5, 0.6) is 0 Å². The molecule has 0 aromatic heterocycles. The second-order valence-corrected chi connectivity index (χ2v) is 4.13. The zero-order chi connectivity index (χ0) is 13.5. The molecule has 0 aliphatic carbocycles. The molecule has 1 amide bonds. The van der Waals surface area contributed by atoms with Gasteiger partial charge in [0.1, 0.15) is 0 Å². The Morgan fingerprint density at radius 2 is 2.17 bits per heavy atom. The molecule has 0 saturated carbocycles. The summed E-state index contributed by atoms with van der Waals surface area (Å²) in [5.74, 6) is -1.10. The molecule has 0 radical (unpaired) electrons. The van der Waals surface area contributed by atoms with Crippen molar-refractivity contribution in [3.63, 3.8) is 0 Å². The molecule has 0 aliphatic rings. The Bertz CT molecular complexity index is 483. The second-order valence-electron chi connectivity index (χ2n) is 3.72. The smallest absolute Gasteiger partial charge is 0.337 e. The summed E-state index contributed by atoms with van der Waals surface area (Å²) in [5, 5.41) is 11.7. The van der Waals surface area contributed by atoms with E-state index in [1.807, 2.05) is 12.2 Å². The fourth-order valence-corrected chi connectivity index (χ4v) is 1.63. The van der Waals surface area contributed by atoms with Gasteiger partial charge in [-0.2, -0.15) is 0 Å². The minimum absolute atomic E-state index is 0.0581. The Morgan fingerprint density at radius 1 is 1.44 bits per heavy atom. The van der Waals surface area contributed by atoms with Gasteiger partial charge < -0.3 is 10.4 Å². The summed E-state index contributed by atoms with van der Waals surface area (Å²) in [5.41, 5.74) is 0.917. The fraction of sp³-hybridized carbons (Fsp3) is 0.231. The van der Waals surface area contributed by atoms with E-state index in [9.17, 15) is 9.59 Å². The first-order valence-electron chi connectivity index (χ1n) is 5.44. The number of amides is 1. The Morgan fingerprint density at radius 3 is 2.72 bits per heavy atom. The molecule has 0 fully saturated rings. The van der Waals surface area contributed by atoms with Crippen molar-refractivity contribution in [1.29, 1.82) is 0 Å². The molecule has 0 heterocycles. The van der Waals surface area contributed by atoms with Gasteiger partial charge in [0, 0.05) is 13.5 Å². The summed E-state index contributed by atoms with van der Waals surface area (Å²) < 4.78 is 0. The van der Waals surface area contributed by atoms with E-state index in [1.165, 1.54) is 13.0 Å². The maximum absolute atomic E-state index is 10.8. The van der Waals surface area contributed by atoms with Crippen molar-refractivity contribution in [2.45, 2.75) is 13.3 Å². The van der Waals surface area contributed by atoms with Gasteiger partial charge in [0.05, 0.1) is 10.6 Å². The summed E-state index contributed by atoms with van der Waals surface area (Å²) >= 11 is 5.83. The van der Waals surface area contributed by atoms with E-state index >= 15 is 0 Å². The van der Waals surface area contributed by atoms with E-state index in [0.29, 0.717) is 13.0 Å². The maximum atomic E-state index is 10.8. The van der Waals surface area contributed by atoms with E-state index in [4.69, 9.17) is 16.7 Å². The van der Waals surface area contributed by atoms with Crippen LogP contribution in [0.25, 0.3) is 6.08 Å². The molecule has 1 rings (SSSR count). The number of hydrogen-bond donors (Lipinski definition) is 2. The van der Waals surface area contributed by atoms with Crippen molar-refractivity contribution in [3.05, 3.63) is 40.4 Å². The van der Waals surface area contributed by atoms with Gasteiger partial charge in [0.15, 0.2) is 0 Å². The fourth-order valence-electron chi connectivity index (χ4n) is 1.36. The molecule has 96 valence electrons. The topological polar surface area (TPSA) is 66.4 Å². The number of halogens is 1. The van der Waals surface area contributed by atoms with Crippen LogP contribution >= 0.6 is 11.6 Å². The van der Waals surface area contributed by atoms with Crippen LogP contribution in [0, 0.1) is 0 Å². The molecule has 0 saturated heterocycles. The SMILES string of the molecule is CC(=O)NCCC=Cc1ccc(C(=O)O)c(Cl)c1. The van der Waals surface area contributed by atoms with E-state index < -0.39 is 5.97 Å². The second kappa shape index (κ2) is 6.81.